The molecule has 1 amide bonds. The molecule has 1 unspecified atom stereocenters. The Hall–Kier alpha value is -0.770. The van der Waals surface area contributed by atoms with Gasteiger partial charge in [-0.05, 0) is 53.6 Å². The van der Waals surface area contributed by atoms with Crippen LogP contribution in [0.25, 0.3) is 0 Å². The summed E-state index contributed by atoms with van der Waals surface area (Å²) in [5, 5.41) is 0. The van der Waals surface area contributed by atoms with Gasteiger partial charge in [-0.15, -0.1) is 0 Å². The second-order valence-corrected chi connectivity index (χ2v) is 7.55. The van der Waals surface area contributed by atoms with Gasteiger partial charge in [-0.1, -0.05) is 6.42 Å². The zero-order valence-corrected chi connectivity index (χ0v) is 13.0. The van der Waals surface area contributed by atoms with Crippen LogP contribution < -0.4 is 0 Å². The van der Waals surface area contributed by atoms with Crippen molar-refractivity contribution in [2.75, 3.05) is 33.7 Å². The van der Waals surface area contributed by atoms with Gasteiger partial charge in [0.05, 0.1) is 0 Å². The van der Waals surface area contributed by atoms with E-state index in [0.29, 0.717) is 5.41 Å². The Morgan fingerprint density at radius 2 is 2.00 bits per heavy atom. The van der Waals surface area contributed by atoms with Crippen LogP contribution in [0.5, 0.6) is 0 Å². The Labute approximate surface area is 117 Å². The number of carbonyl (C=O) groups is 1. The van der Waals surface area contributed by atoms with Crippen LogP contribution in [-0.4, -0.2) is 55.2 Å². The van der Waals surface area contributed by atoms with Gasteiger partial charge in [-0.25, -0.2) is 4.79 Å². The first-order chi connectivity index (χ1) is 8.72. The van der Waals surface area contributed by atoms with Crippen molar-refractivity contribution in [1.82, 2.24) is 9.80 Å². The molecule has 1 saturated carbocycles. The fourth-order valence-corrected chi connectivity index (χ4v) is 3.52. The standard InChI is InChI=1S/C15H28N2O2/c1-14(2,3)19-13(18)17-10-15(11-17)8-6-7-12(15)9-16(4)5/h12H,6-11H2,1-5H3. The van der Waals surface area contributed by atoms with Crippen LogP contribution in [0.3, 0.4) is 0 Å². The number of nitrogens with zero attached hydrogens (tertiary/aromatic N) is 2. The Kier molecular flexibility index (Phi) is 3.83. The van der Waals surface area contributed by atoms with Gasteiger partial charge in [0.25, 0.3) is 0 Å². The van der Waals surface area contributed by atoms with Crippen molar-refractivity contribution in [3.05, 3.63) is 0 Å². The fourth-order valence-electron chi connectivity index (χ4n) is 3.52. The molecular formula is C15H28N2O2. The molecule has 19 heavy (non-hydrogen) atoms. The van der Waals surface area contributed by atoms with Crippen molar-refractivity contribution in [3.63, 3.8) is 0 Å². The summed E-state index contributed by atoms with van der Waals surface area (Å²) < 4.78 is 5.44. The van der Waals surface area contributed by atoms with Gasteiger partial charge in [0, 0.05) is 25.0 Å². The predicted octanol–water partition coefficient (Wildman–Crippen LogP) is 2.59. The Bertz CT molecular complexity index is 341. The number of amides is 1. The molecule has 2 aliphatic rings. The highest BCUT2D eigenvalue weighted by Gasteiger charge is 2.53. The van der Waals surface area contributed by atoms with E-state index in [9.17, 15) is 4.79 Å². The molecule has 4 nitrogen and oxygen atoms in total. The lowest BCUT2D eigenvalue weighted by Crippen LogP contribution is -2.61. The number of carbonyl (C=O) groups excluding carboxylic acids is 1. The van der Waals surface area contributed by atoms with E-state index in [2.05, 4.69) is 19.0 Å². The van der Waals surface area contributed by atoms with Gasteiger partial charge in [0.15, 0.2) is 0 Å². The largest absolute Gasteiger partial charge is 0.444 e. The summed E-state index contributed by atoms with van der Waals surface area (Å²) in [5.41, 5.74) is -0.0142. The predicted molar refractivity (Wildman–Crippen MR) is 76.1 cm³/mol. The van der Waals surface area contributed by atoms with Crippen LogP contribution in [0.2, 0.25) is 0 Å². The van der Waals surface area contributed by atoms with Crippen LogP contribution in [-0.2, 0) is 4.74 Å². The molecule has 1 aliphatic carbocycles. The first-order valence-corrected chi connectivity index (χ1v) is 7.34. The maximum absolute atomic E-state index is 12.0. The highest BCUT2D eigenvalue weighted by Crippen LogP contribution is 2.50. The smallest absolute Gasteiger partial charge is 0.410 e. The summed E-state index contributed by atoms with van der Waals surface area (Å²) in [5.74, 6) is 0.737. The van der Waals surface area contributed by atoms with Crippen LogP contribution in [0.1, 0.15) is 40.0 Å². The highest BCUT2D eigenvalue weighted by molar-refractivity contribution is 5.69. The quantitative estimate of drug-likeness (QED) is 0.771. The SMILES string of the molecule is CN(C)CC1CCCC12CN(C(=O)OC(C)(C)C)C2. The van der Waals surface area contributed by atoms with Crippen LogP contribution >= 0.6 is 0 Å². The van der Waals surface area contributed by atoms with Crippen molar-refractivity contribution in [2.24, 2.45) is 11.3 Å². The summed E-state index contributed by atoms with van der Waals surface area (Å²) in [6, 6.07) is 0. The average molecular weight is 268 g/mol. The van der Waals surface area contributed by atoms with Crippen molar-refractivity contribution in [3.8, 4) is 0 Å². The lowest BCUT2D eigenvalue weighted by Gasteiger charge is -2.51. The molecule has 0 aromatic heterocycles. The van der Waals surface area contributed by atoms with E-state index in [0.717, 1.165) is 25.6 Å². The molecule has 0 N–H and O–H groups in total. The number of hydrogen-bond acceptors (Lipinski definition) is 3. The molecular weight excluding hydrogens is 240 g/mol. The van der Waals surface area contributed by atoms with Crippen LogP contribution in [0.15, 0.2) is 0 Å². The zero-order chi connectivity index (χ0) is 14.3. The summed E-state index contributed by atoms with van der Waals surface area (Å²) in [6.07, 6.45) is 3.74. The Morgan fingerprint density at radius 1 is 1.37 bits per heavy atom. The molecule has 110 valence electrons. The lowest BCUT2D eigenvalue weighted by molar-refractivity contribution is -0.0532. The van der Waals surface area contributed by atoms with E-state index in [-0.39, 0.29) is 6.09 Å². The molecule has 1 aliphatic heterocycles. The van der Waals surface area contributed by atoms with Crippen molar-refractivity contribution in [1.29, 1.82) is 0 Å². The maximum Gasteiger partial charge on any atom is 0.410 e. The third-order valence-electron chi connectivity index (χ3n) is 4.34. The molecule has 0 aromatic carbocycles. The van der Waals surface area contributed by atoms with Crippen LogP contribution in [0, 0.1) is 11.3 Å². The average Bonchev–Trinajstić information content (AvgIpc) is 2.54. The normalized spacial score (nSPS) is 25.8. The number of rotatable bonds is 2. The highest BCUT2D eigenvalue weighted by atomic mass is 16.6. The zero-order valence-electron chi connectivity index (χ0n) is 13.0. The summed E-state index contributed by atoms with van der Waals surface area (Å²) >= 11 is 0. The van der Waals surface area contributed by atoms with Crippen molar-refractivity contribution < 1.29 is 9.53 Å². The lowest BCUT2D eigenvalue weighted by atomic mass is 9.71. The van der Waals surface area contributed by atoms with Crippen molar-refractivity contribution in [2.45, 2.75) is 45.6 Å². The molecule has 1 saturated heterocycles. The van der Waals surface area contributed by atoms with Gasteiger partial charge in [-0.3, -0.25) is 0 Å². The van der Waals surface area contributed by atoms with E-state index in [4.69, 9.17) is 4.74 Å². The minimum absolute atomic E-state index is 0.145. The van der Waals surface area contributed by atoms with Gasteiger partial charge in [0.1, 0.15) is 5.60 Å². The van der Waals surface area contributed by atoms with E-state index in [1.807, 2.05) is 25.7 Å². The van der Waals surface area contributed by atoms with E-state index in [1.54, 1.807) is 0 Å². The van der Waals surface area contributed by atoms with Gasteiger partial charge in [-0.2, -0.15) is 0 Å². The molecule has 4 heteroatoms. The summed E-state index contributed by atoms with van der Waals surface area (Å²) in [7, 11) is 4.27. The van der Waals surface area contributed by atoms with Crippen molar-refractivity contribution >= 4 is 6.09 Å². The third-order valence-corrected chi connectivity index (χ3v) is 4.34. The molecule has 1 atom stereocenters. The third kappa shape index (κ3) is 3.22. The molecule has 2 fully saturated rings. The molecule has 1 heterocycles. The second kappa shape index (κ2) is 4.97. The molecule has 1 spiro atoms. The fraction of sp³-hybridized carbons (Fsp3) is 0.933. The maximum atomic E-state index is 12.0. The van der Waals surface area contributed by atoms with Gasteiger partial charge >= 0.3 is 6.09 Å². The number of hydrogen-bond donors (Lipinski definition) is 0. The first-order valence-electron chi connectivity index (χ1n) is 7.34. The topological polar surface area (TPSA) is 32.8 Å². The summed E-state index contributed by atoms with van der Waals surface area (Å²) in [4.78, 5) is 16.1. The molecule has 2 rings (SSSR count). The molecule has 0 radical (unpaired) electrons. The Balaban J connectivity index is 1.88. The minimum atomic E-state index is -0.390. The van der Waals surface area contributed by atoms with Gasteiger partial charge in [0.2, 0.25) is 0 Å². The van der Waals surface area contributed by atoms with E-state index >= 15 is 0 Å². The first kappa shape index (κ1) is 14.6. The molecule has 0 aromatic rings. The molecule has 0 bridgehead atoms. The van der Waals surface area contributed by atoms with Gasteiger partial charge < -0.3 is 14.5 Å². The van der Waals surface area contributed by atoms with Crippen LogP contribution in [0.4, 0.5) is 4.79 Å². The Morgan fingerprint density at radius 3 is 2.53 bits per heavy atom. The van der Waals surface area contributed by atoms with E-state index < -0.39 is 5.60 Å². The number of ether oxygens (including phenoxy) is 1. The minimum Gasteiger partial charge on any atom is -0.444 e. The second-order valence-electron chi connectivity index (χ2n) is 7.55. The monoisotopic (exact) mass is 268 g/mol. The van der Waals surface area contributed by atoms with E-state index in [1.165, 1.54) is 19.3 Å². The number of likely N-dealkylation sites (tertiary alicyclic amines) is 1. The summed E-state index contributed by atoms with van der Waals surface area (Å²) in [6.45, 7) is 8.68.